The number of fused-ring (bicyclic) bond motifs is 1. The lowest BCUT2D eigenvalue weighted by Crippen LogP contribution is -2.17. The highest BCUT2D eigenvalue weighted by Gasteiger charge is 2.08. The van der Waals surface area contributed by atoms with Crippen molar-refractivity contribution in [3.63, 3.8) is 0 Å². The van der Waals surface area contributed by atoms with E-state index in [0.717, 1.165) is 10.8 Å². The molecule has 4 nitrogen and oxygen atoms in total. The molecule has 0 aliphatic rings. The molecular formula is C21H18O4. The quantitative estimate of drug-likeness (QED) is 0.380. The standard InChI is InChI=1S/C21H18O4/c1-2-20(22)16-8-10-18(11-9-16)24-14-21(23)25-19-12-7-15-5-3-4-6-17(15)13-19/h3-13H,2,14H2,1H3. The third-order valence-corrected chi connectivity index (χ3v) is 3.81. The fourth-order valence-electron chi connectivity index (χ4n) is 2.48. The van der Waals surface area contributed by atoms with E-state index in [2.05, 4.69) is 0 Å². The Morgan fingerprint density at radius 1 is 0.840 bits per heavy atom. The minimum atomic E-state index is -0.482. The first kappa shape index (κ1) is 16.7. The van der Waals surface area contributed by atoms with Crippen LogP contribution in [0.25, 0.3) is 10.8 Å². The highest BCUT2D eigenvalue weighted by molar-refractivity contribution is 5.95. The molecule has 0 aliphatic carbocycles. The number of benzene rings is 3. The van der Waals surface area contributed by atoms with E-state index in [1.807, 2.05) is 43.3 Å². The Kier molecular flexibility index (Phi) is 5.09. The number of esters is 1. The number of carbonyl (C=O) groups excluding carboxylic acids is 2. The van der Waals surface area contributed by atoms with Gasteiger partial charge in [-0.15, -0.1) is 0 Å². The van der Waals surface area contributed by atoms with Crippen molar-refractivity contribution >= 4 is 22.5 Å². The van der Waals surface area contributed by atoms with Crippen LogP contribution in [0.5, 0.6) is 11.5 Å². The molecule has 0 unspecified atom stereocenters. The van der Waals surface area contributed by atoms with Crippen LogP contribution in [-0.2, 0) is 4.79 Å². The summed E-state index contributed by atoms with van der Waals surface area (Å²) >= 11 is 0. The molecule has 0 saturated heterocycles. The van der Waals surface area contributed by atoms with Crippen LogP contribution in [0, 0.1) is 0 Å². The van der Waals surface area contributed by atoms with Gasteiger partial charge >= 0.3 is 5.97 Å². The van der Waals surface area contributed by atoms with E-state index < -0.39 is 5.97 Å². The van der Waals surface area contributed by atoms with Gasteiger partial charge in [0.25, 0.3) is 0 Å². The van der Waals surface area contributed by atoms with Gasteiger partial charge in [-0.1, -0.05) is 37.3 Å². The lowest BCUT2D eigenvalue weighted by molar-refractivity contribution is -0.136. The highest BCUT2D eigenvalue weighted by Crippen LogP contribution is 2.21. The summed E-state index contributed by atoms with van der Waals surface area (Å²) in [6, 6.07) is 20.1. The van der Waals surface area contributed by atoms with E-state index in [4.69, 9.17) is 9.47 Å². The third kappa shape index (κ3) is 4.23. The molecule has 0 saturated carbocycles. The summed E-state index contributed by atoms with van der Waals surface area (Å²) in [6.45, 7) is 1.61. The smallest absolute Gasteiger partial charge is 0.349 e. The van der Waals surface area contributed by atoms with Crippen LogP contribution >= 0.6 is 0 Å². The average Bonchev–Trinajstić information content (AvgIpc) is 2.66. The van der Waals surface area contributed by atoms with Crippen molar-refractivity contribution in [3.05, 3.63) is 72.3 Å². The first-order valence-electron chi connectivity index (χ1n) is 8.11. The van der Waals surface area contributed by atoms with Crippen LogP contribution in [0.15, 0.2) is 66.7 Å². The maximum Gasteiger partial charge on any atom is 0.349 e. The van der Waals surface area contributed by atoms with Gasteiger partial charge < -0.3 is 9.47 Å². The zero-order valence-corrected chi connectivity index (χ0v) is 13.9. The van der Waals surface area contributed by atoms with E-state index in [1.165, 1.54) is 0 Å². The fraction of sp³-hybridized carbons (Fsp3) is 0.143. The third-order valence-electron chi connectivity index (χ3n) is 3.81. The van der Waals surface area contributed by atoms with Gasteiger partial charge in [-0.2, -0.15) is 0 Å². The minimum absolute atomic E-state index is 0.0715. The van der Waals surface area contributed by atoms with E-state index in [-0.39, 0.29) is 12.4 Å². The van der Waals surface area contributed by atoms with Crippen LogP contribution in [0.1, 0.15) is 23.7 Å². The van der Waals surface area contributed by atoms with Crippen molar-refractivity contribution in [2.24, 2.45) is 0 Å². The molecule has 3 aromatic carbocycles. The Morgan fingerprint density at radius 2 is 1.52 bits per heavy atom. The number of hydrogen-bond donors (Lipinski definition) is 0. The van der Waals surface area contributed by atoms with Crippen molar-refractivity contribution in [2.75, 3.05) is 6.61 Å². The first-order chi connectivity index (χ1) is 12.2. The number of rotatable bonds is 6. The molecule has 3 rings (SSSR count). The molecule has 0 aromatic heterocycles. The summed E-state index contributed by atoms with van der Waals surface area (Å²) in [5.41, 5.74) is 0.633. The zero-order valence-electron chi connectivity index (χ0n) is 13.9. The molecule has 0 aliphatic heterocycles. The van der Waals surface area contributed by atoms with Gasteiger partial charge in [-0.3, -0.25) is 4.79 Å². The second kappa shape index (κ2) is 7.62. The maximum atomic E-state index is 11.9. The van der Waals surface area contributed by atoms with Crippen molar-refractivity contribution < 1.29 is 19.1 Å². The molecule has 0 atom stereocenters. The SMILES string of the molecule is CCC(=O)c1ccc(OCC(=O)Oc2ccc3ccccc3c2)cc1. The average molecular weight is 334 g/mol. The van der Waals surface area contributed by atoms with Crippen LogP contribution < -0.4 is 9.47 Å². The van der Waals surface area contributed by atoms with E-state index >= 15 is 0 Å². The molecule has 0 spiro atoms. The molecule has 126 valence electrons. The van der Waals surface area contributed by atoms with Gasteiger partial charge in [-0.05, 0) is 47.2 Å². The van der Waals surface area contributed by atoms with Crippen molar-refractivity contribution in [3.8, 4) is 11.5 Å². The Morgan fingerprint density at radius 3 is 2.24 bits per heavy atom. The van der Waals surface area contributed by atoms with E-state index in [0.29, 0.717) is 23.5 Å². The van der Waals surface area contributed by atoms with E-state index in [9.17, 15) is 9.59 Å². The summed E-state index contributed by atoms with van der Waals surface area (Å²) in [6.07, 6.45) is 0.457. The Labute approximate surface area is 146 Å². The Balaban J connectivity index is 1.57. The molecule has 0 amide bonds. The van der Waals surface area contributed by atoms with Crippen LogP contribution in [0.4, 0.5) is 0 Å². The summed E-state index contributed by atoms with van der Waals surface area (Å²) in [5.74, 6) is 0.588. The number of hydrogen-bond acceptors (Lipinski definition) is 4. The topological polar surface area (TPSA) is 52.6 Å². The minimum Gasteiger partial charge on any atom is -0.482 e. The maximum absolute atomic E-state index is 11.9. The van der Waals surface area contributed by atoms with Crippen molar-refractivity contribution in [1.29, 1.82) is 0 Å². The van der Waals surface area contributed by atoms with Gasteiger partial charge in [0.2, 0.25) is 0 Å². The highest BCUT2D eigenvalue weighted by atomic mass is 16.6. The summed E-state index contributed by atoms with van der Waals surface area (Å²) in [5, 5.41) is 2.09. The largest absolute Gasteiger partial charge is 0.482 e. The summed E-state index contributed by atoms with van der Waals surface area (Å²) in [7, 11) is 0. The number of ketones is 1. The normalized spacial score (nSPS) is 10.4. The second-order valence-corrected chi connectivity index (χ2v) is 5.57. The summed E-state index contributed by atoms with van der Waals surface area (Å²) in [4.78, 5) is 23.5. The van der Waals surface area contributed by atoms with Gasteiger partial charge in [0.15, 0.2) is 12.4 Å². The Bertz CT molecular complexity index is 897. The Hall–Kier alpha value is -3.14. The first-order valence-corrected chi connectivity index (χ1v) is 8.11. The monoisotopic (exact) mass is 334 g/mol. The molecule has 4 heteroatoms. The number of carbonyl (C=O) groups is 2. The lowest BCUT2D eigenvalue weighted by atomic mass is 10.1. The number of ether oxygens (including phenoxy) is 2. The summed E-state index contributed by atoms with van der Waals surface area (Å²) < 4.78 is 10.7. The zero-order chi connectivity index (χ0) is 17.6. The molecule has 3 aromatic rings. The van der Waals surface area contributed by atoms with Gasteiger partial charge in [-0.25, -0.2) is 4.79 Å². The molecular weight excluding hydrogens is 316 g/mol. The molecule has 0 bridgehead atoms. The van der Waals surface area contributed by atoms with Crippen molar-refractivity contribution in [2.45, 2.75) is 13.3 Å². The van der Waals surface area contributed by atoms with Crippen LogP contribution in [0.2, 0.25) is 0 Å². The molecule has 0 heterocycles. The molecule has 0 N–H and O–H groups in total. The fourth-order valence-corrected chi connectivity index (χ4v) is 2.48. The van der Waals surface area contributed by atoms with Gasteiger partial charge in [0.05, 0.1) is 0 Å². The predicted molar refractivity (Wildman–Crippen MR) is 96.1 cm³/mol. The van der Waals surface area contributed by atoms with E-state index in [1.54, 1.807) is 30.3 Å². The molecule has 0 radical (unpaired) electrons. The van der Waals surface area contributed by atoms with Crippen LogP contribution in [0.3, 0.4) is 0 Å². The second-order valence-electron chi connectivity index (χ2n) is 5.57. The van der Waals surface area contributed by atoms with Crippen LogP contribution in [-0.4, -0.2) is 18.4 Å². The lowest BCUT2D eigenvalue weighted by Gasteiger charge is -2.08. The van der Waals surface area contributed by atoms with Gasteiger partial charge in [0, 0.05) is 12.0 Å². The molecule has 0 fully saturated rings. The van der Waals surface area contributed by atoms with Crippen molar-refractivity contribution in [1.82, 2.24) is 0 Å². The van der Waals surface area contributed by atoms with Gasteiger partial charge in [0.1, 0.15) is 11.5 Å². The molecule has 25 heavy (non-hydrogen) atoms. The number of Topliss-reactive ketones (excluding diaryl/α,β-unsaturated/α-hetero) is 1. The predicted octanol–water partition coefficient (Wildman–Crippen LogP) is 4.42.